The Morgan fingerprint density at radius 2 is 1.93 bits per heavy atom. The lowest BCUT2D eigenvalue weighted by molar-refractivity contribution is 0.235. The summed E-state index contributed by atoms with van der Waals surface area (Å²) < 4.78 is 0. The molecule has 1 aromatic rings. The van der Waals surface area contributed by atoms with Crippen molar-refractivity contribution >= 4 is 0 Å². The molecule has 0 aliphatic rings. The molecule has 0 radical (unpaired) electrons. The Labute approximate surface area is 84.8 Å². The number of aromatic amines is 1. The maximum absolute atomic E-state index is 10.9. The van der Waals surface area contributed by atoms with Gasteiger partial charge in [0.15, 0.2) is 0 Å². The minimum Gasteiger partial charge on any atom is -0.329 e. The monoisotopic (exact) mass is 194 g/mol. The number of rotatable bonds is 3. The van der Waals surface area contributed by atoms with Crippen LogP contribution in [0.1, 0.15) is 25.5 Å². The highest BCUT2D eigenvalue weighted by Gasteiger charge is 2.17. The molecule has 1 atom stereocenters. The summed E-state index contributed by atoms with van der Waals surface area (Å²) in [7, 11) is 4.10. The molecule has 1 aromatic heterocycles. The highest BCUT2D eigenvalue weighted by molar-refractivity contribution is 5.14. The fourth-order valence-corrected chi connectivity index (χ4v) is 1.89. The van der Waals surface area contributed by atoms with Gasteiger partial charge in [-0.15, -0.1) is 0 Å². The van der Waals surface area contributed by atoms with Gasteiger partial charge in [-0.05, 0) is 25.6 Å². The van der Waals surface area contributed by atoms with Crippen LogP contribution in [-0.4, -0.2) is 24.0 Å². The molecule has 0 aromatic carbocycles. The summed E-state index contributed by atoms with van der Waals surface area (Å²) in [6.45, 7) is 4.35. The number of hydrogen-bond donors (Lipinski definition) is 1. The van der Waals surface area contributed by atoms with E-state index < -0.39 is 0 Å². The number of nitrogens with zero attached hydrogens (tertiary/aromatic N) is 1. The van der Waals surface area contributed by atoms with Crippen LogP contribution in [0.2, 0.25) is 0 Å². The second-order valence-corrected chi connectivity index (χ2v) is 4.14. The van der Waals surface area contributed by atoms with Crippen molar-refractivity contribution in [3.63, 3.8) is 0 Å². The van der Waals surface area contributed by atoms with E-state index >= 15 is 0 Å². The predicted octanol–water partition coefficient (Wildman–Crippen LogP) is 1.63. The normalized spacial score (nSPS) is 13.6. The van der Waals surface area contributed by atoms with Crippen molar-refractivity contribution in [3.05, 3.63) is 34.2 Å². The summed E-state index contributed by atoms with van der Waals surface area (Å²) in [5, 5.41) is 0. The van der Waals surface area contributed by atoms with Crippen LogP contribution < -0.4 is 5.56 Å². The third kappa shape index (κ3) is 2.45. The van der Waals surface area contributed by atoms with Gasteiger partial charge >= 0.3 is 0 Å². The van der Waals surface area contributed by atoms with Crippen molar-refractivity contribution < 1.29 is 0 Å². The van der Waals surface area contributed by atoms with Crippen LogP contribution in [0, 0.1) is 5.92 Å². The van der Waals surface area contributed by atoms with Crippen molar-refractivity contribution in [2.24, 2.45) is 5.92 Å². The number of nitrogens with one attached hydrogen (secondary N) is 1. The van der Waals surface area contributed by atoms with Crippen molar-refractivity contribution in [2.75, 3.05) is 14.1 Å². The van der Waals surface area contributed by atoms with Crippen LogP contribution in [0.15, 0.2) is 23.1 Å². The highest BCUT2D eigenvalue weighted by Crippen LogP contribution is 2.24. The largest absolute Gasteiger partial charge is 0.329 e. The summed E-state index contributed by atoms with van der Waals surface area (Å²) in [4.78, 5) is 15.8. The summed E-state index contributed by atoms with van der Waals surface area (Å²) >= 11 is 0. The average Bonchev–Trinajstić information content (AvgIpc) is 2.07. The molecule has 0 saturated carbocycles. The maximum Gasteiger partial charge on any atom is 0.247 e. The van der Waals surface area contributed by atoms with E-state index in [4.69, 9.17) is 0 Å². The van der Waals surface area contributed by atoms with Crippen LogP contribution >= 0.6 is 0 Å². The molecule has 14 heavy (non-hydrogen) atoms. The lowest BCUT2D eigenvalue weighted by atomic mass is 9.96. The number of H-pyrrole nitrogens is 1. The summed E-state index contributed by atoms with van der Waals surface area (Å²) in [5.74, 6) is 0.524. The molecule has 0 aliphatic heterocycles. The first-order chi connectivity index (χ1) is 6.52. The third-order valence-electron chi connectivity index (χ3n) is 2.34. The molecule has 0 aliphatic carbocycles. The van der Waals surface area contributed by atoms with Crippen molar-refractivity contribution in [2.45, 2.75) is 19.9 Å². The Morgan fingerprint density at radius 1 is 1.29 bits per heavy atom. The molecule has 3 nitrogen and oxygen atoms in total. The molecule has 0 spiro atoms. The van der Waals surface area contributed by atoms with E-state index in [9.17, 15) is 4.79 Å². The van der Waals surface area contributed by atoms with Crippen LogP contribution in [0.4, 0.5) is 0 Å². The van der Waals surface area contributed by atoms with Crippen LogP contribution in [0.25, 0.3) is 0 Å². The topological polar surface area (TPSA) is 36.1 Å². The van der Waals surface area contributed by atoms with Gasteiger partial charge in [0.2, 0.25) is 5.56 Å². The molecule has 0 saturated heterocycles. The van der Waals surface area contributed by atoms with E-state index in [0.29, 0.717) is 12.0 Å². The van der Waals surface area contributed by atoms with E-state index in [1.54, 1.807) is 12.3 Å². The zero-order valence-corrected chi connectivity index (χ0v) is 9.24. The molecule has 1 rings (SSSR count). The number of hydrogen-bond acceptors (Lipinski definition) is 2. The van der Waals surface area contributed by atoms with Gasteiger partial charge in [-0.25, -0.2) is 0 Å². The van der Waals surface area contributed by atoms with Gasteiger partial charge in [-0.3, -0.25) is 4.79 Å². The zero-order valence-electron chi connectivity index (χ0n) is 9.24. The van der Waals surface area contributed by atoms with Gasteiger partial charge in [0.1, 0.15) is 0 Å². The molecule has 0 fully saturated rings. The lowest BCUT2D eigenvalue weighted by Crippen LogP contribution is -2.25. The third-order valence-corrected chi connectivity index (χ3v) is 2.34. The standard InChI is InChI=1S/C11H18N2O/c1-8(2)11(13(3)4)9-5-6-10(14)12-7-9/h5-8,11H,1-4H3,(H,12,14)/t11-/m1/s1. The maximum atomic E-state index is 10.9. The fraction of sp³-hybridized carbons (Fsp3) is 0.545. The van der Waals surface area contributed by atoms with Gasteiger partial charge in [0, 0.05) is 18.3 Å². The first kappa shape index (κ1) is 11.0. The smallest absolute Gasteiger partial charge is 0.247 e. The Balaban J connectivity index is 2.99. The van der Waals surface area contributed by atoms with Crippen molar-refractivity contribution in [3.8, 4) is 0 Å². The average molecular weight is 194 g/mol. The Bertz CT molecular complexity index is 313. The Hall–Kier alpha value is -1.09. The molecule has 0 bridgehead atoms. The molecule has 1 heterocycles. The molecule has 1 N–H and O–H groups in total. The van der Waals surface area contributed by atoms with Gasteiger partial charge in [-0.1, -0.05) is 19.9 Å². The first-order valence-corrected chi connectivity index (χ1v) is 4.87. The minimum absolute atomic E-state index is 0.0463. The van der Waals surface area contributed by atoms with Gasteiger partial charge in [0.25, 0.3) is 0 Å². The lowest BCUT2D eigenvalue weighted by Gasteiger charge is -2.28. The van der Waals surface area contributed by atoms with Crippen molar-refractivity contribution in [1.82, 2.24) is 9.88 Å². The quantitative estimate of drug-likeness (QED) is 0.794. The number of pyridine rings is 1. The van der Waals surface area contributed by atoms with E-state index in [1.165, 1.54) is 0 Å². The van der Waals surface area contributed by atoms with Crippen molar-refractivity contribution in [1.29, 1.82) is 0 Å². The summed E-state index contributed by atoms with van der Waals surface area (Å²) in [6, 6.07) is 3.82. The summed E-state index contributed by atoms with van der Waals surface area (Å²) in [5.41, 5.74) is 1.11. The van der Waals surface area contributed by atoms with E-state index in [0.717, 1.165) is 5.56 Å². The Morgan fingerprint density at radius 3 is 2.29 bits per heavy atom. The second kappa shape index (κ2) is 4.42. The molecule has 3 heteroatoms. The zero-order chi connectivity index (χ0) is 10.7. The van der Waals surface area contributed by atoms with E-state index in [2.05, 4.69) is 37.8 Å². The van der Waals surface area contributed by atoms with Gasteiger partial charge in [0.05, 0.1) is 0 Å². The molecular weight excluding hydrogens is 176 g/mol. The Kier molecular flexibility index (Phi) is 3.47. The second-order valence-electron chi connectivity index (χ2n) is 4.14. The highest BCUT2D eigenvalue weighted by atomic mass is 16.1. The molecule has 78 valence electrons. The van der Waals surface area contributed by atoms with Crippen LogP contribution in [-0.2, 0) is 0 Å². The fourth-order valence-electron chi connectivity index (χ4n) is 1.89. The van der Waals surface area contributed by atoms with Gasteiger partial charge < -0.3 is 9.88 Å². The first-order valence-electron chi connectivity index (χ1n) is 4.87. The molecule has 0 amide bonds. The number of aromatic nitrogens is 1. The van der Waals surface area contributed by atoms with E-state index in [-0.39, 0.29) is 5.56 Å². The van der Waals surface area contributed by atoms with Crippen LogP contribution in [0.3, 0.4) is 0 Å². The molecule has 0 unspecified atom stereocenters. The predicted molar refractivity (Wildman–Crippen MR) is 58.3 cm³/mol. The van der Waals surface area contributed by atoms with Gasteiger partial charge in [-0.2, -0.15) is 0 Å². The minimum atomic E-state index is -0.0463. The summed E-state index contributed by atoms with van der Waals surface area (Å²) in [6.07, 6.45) is 1.80. The SMILES string of the molecule is CC(C)[C@H](c1ccc(=O)[nH]c1)N(C)C. The van der Waals surface area contributed by atoms with Crippen LogP contribution in [0.5, 0.6) is 0 Å². The van der Waals surface area contributed by atoms with E-state index in [1.807, 2.05) is 6.07 Å². The molecular formula is C11H18N2O.